The second-order valence-electron chi connectivity index (χ2n) is 6.70. The lowest BCUT2D eigenvalue weighted by molar-refractivity contribution is -0.146. The number of esters is 1. The van der Waals surface area contributed by atoms with Gasteiger partial charge in [-0.25, -0.2) is 9.97 Å². The Bertz CT molecular complexity index is 1030. The minimum absolute atomic E-state index is 0.0665. The highest BCUT2D eigenvalue weighted by Crippen LogP contribution is 2.31. The van der Waals surface area contributed by atoms with Crippen molar-refractivity contribution in [2.24, 2.45) is 0 Å². The van der Waals surface area contributed by atoms with Gasteiger partial charge in [0.25, 0.3) is 0 Å². The first-order chi connectivity index (χ1) is 15.5. The number of nitrogens with two attached hydrogens (primary N) is 1. The molecule has 3 rings (SSSR count). The van der Waals surface area contributed by atoms with Gasteiger partial charge in [-0.2, -0.15) is 0 Å². The second-order valence-corrected chi connectivity index (χ2v) is 7.50. The lowest BCUT2D eigenvalue weighted by atomic mass is 10.1. The van der Waals surface area contributed by atoms with Crippen molar-refractivity contribution in [3.8, 4) is 17.0 Å². The third-order valence-electron chi connectivity index (χ3n) is 4.43. The number of rotatable bonds is 10. The molecule has 32 heavy (non-hydrogen) atoms. The molecule has 7 nitrogen and oxygen atoms in total. The fourth-order valence-corrected chi connectivity index (χ4v) is 3.49. The van der Waals surface area contributed by atoms with Gasteiger partial charge in [0, 0.05) is 11.6 Å². The van der Waals surface area contributed by atoms with E-state index in [1.807, 2.05) is 30.3 Å². The molecule has 2 aromatic carbocycles. The van der Waals surface area contributed by atoms with Crippen LogP contribution in [0.4, 0.5) is 5.95 Å². The Morgan fingerprint density at radius 3 is 2.53 bits per heavy atom. The van der Waals surface area contributed by atoms with Gasteiger partial charge in [0.2, 0.25) is 5.95 Å². The van der Waals surface area contributed by atoms with Crippen molar-refractivity contribution >= 4 is 35.1 Å². The van der Waals surface area contributed by atoms with E-state index < -0.39 is 6.10 Å². The molecule has 0 saturated carbocycles. The number of halogens is 2. The van der Waals surface area contributed by atoms with Gasteiger partial charge in [-0.05, 0) is 30.7 Å². The number of aromatic nitrogens is 2. The van der Waals surface area contributed by atoms with E-state index in [2.05, 4.69) is 9.97 Å². The van der Waals surface area contributed by atoms with Gasteiger partial charge in [-0.15, -0.1) is 0 Å². The highest BCUT2D eigenvalue weighted by atomic mass is 35.5. The normalized spacial score (nSPS) is 11.7. The van der Waals surface area contributed by atoms with E-state index in [9.17, 15) is 4.79 Å². The van der Waals surface area contributed by atoms with Gasteiger partial charge in [-0.3, -0.25) is 4.79 Å². The van der Waals surface area contributed by atoms with Crippen molar-refractivity contribution < 1.29 is 19.0 Å². The number of hydrogen-bond acceptors (Lipinski definition) is 7. The molecule has 0 radical (unpaired) electrons. The smallest absolute Gasteiger partial charge is 0.308 e. The Labute approximate surface area is 196 Å². The number of carbonyl (C=O) groups is 1. The van der Waals surface area contributed by atoms with Crippen molar-refractivity contribution in [2.45, 2.75) is 19.4 Å². The maximum absolute atomic E-state index is 11.9. The largest absolute Gasteiger partial charge is 0.491 e. The van der Waals surface area contributed by atoms with E-state index in [1.165, 1.54) is 0 Å². The molecule has 9 heteroatoms. The minimum atomic E-state index is -0.419. The zero-order valence-electron chi connectivity index (χ0n) is 17.5. The van der Waals surface area contributed by atoms with Crippen LogP contribution in [0.3, 0.4) is 0 Å². The van der Waals surface area contributed by atoms with Gasteiger partial charge in [-0.1, -0.05) is 53.5 Å². The van der Waals surface area contributed by atoms with Gasteiger partial charge < -0.3 is 19.9 Å². The van der Waals surface area contributed by atoms with E-state index in [1.54, 1.807) is 31.2 Å². The molecule has 0 saturated heterocycles. The van der Waals surface area contributed by atoms with Crippen LogP contribution in [0.5, 0.6) is 5.75 Å². The molecular weight excluding hydrogens is 453 g/mol. The highest BCUT2D eigenvalue weighted by molar-refractivity contribution is 6.33. The summed E-state index contributed by atoms with van der Waals surface area (Å²) in [6.07, 6.45) is -0.291. The third kappa shape index (κ3) is 6.82. The Morgan fingerprint density at radius 2 is 1.84 bits per heavy atom. The molecule has 1 heterocycles. The number of nitrogens with zero attached hydrogens (tertiary/aromatic N) is 2. The molecule has 0 aliphatic carbocycles. The molecular formula is C23H23Cl2N3O4. The van der Waals surface area contributed by atoms with Crippen LogP contribution >= 0.6 is 23.2 Å². The predicted octanol–water partition coefficient (Wildman–Crippen LogP) is 5.12. The van der Waals surface area contributed by atoms with Crippen molar-refractivity contribution in [1.82, 2.24) is 9.97 Å². The standard InChI is InChI=1S/C23H23Cl2N3O4/c1-2-30-22(29)14-20(15-6-4-3-5-7-15)32-11-10-31-16-8-9-17(18(24)12-16)19-13-21(25)28-23(26)27-19/h3-9,12-13,20H,2,10-11,14H2,1H3,(H2,26,27,28). The van der Waals surface area contributed by atoms with Crippen molar-refractivity contribution in [1.29, 1.82) is 0 Å². The van der Waals surface area contributed by atoms with Crippen molar-refractivity contribution in [3.63, 3.8) is 0 Å². The summed E-state index contributed by atoms with van der Waals surface area (Å²) >= 11 is 12.3. The molecule has 0 aliphatic heterocycles. The number of anilines is 1. The molecule has 1 aromatic heterocycles. The summed E-state index contributed by atoms with van der Waals surface area (Å²) in [5.41, 5.74) is 7.73. The number of hydrogen-bond donors (Lipinski definition) is 1. The van der Waals surface area contributed by atoms with Gasteiger partial charge in [0.05, 0.1) is 36.5 Å². The summed E-state index contributed by atoms with van der Waals surface area (Å²) in [6, 6.07) is 16.3. The average Bonchev–Trinajstić information content (AvgIpc) is 2.76. The second kappa shape index (κ2) is 11.7. The maximum Gasteiger partial charge on any atom is 0.308 e. The van der Waals surface area contributed by atoms with Crippen molar-refractivity contribution in [3.05, 3.63) is 70.3 Å². The quantitative estimate of drug-likeness (QED) is 0.246. The van der Waals surface area contributed by atoms with Crippen LogP contribution in [0, 0.1) is 0 Å². The Morgan fingerprint density at radius 1 is 1.06 bits per heavy atom. The summed E-state index contributed by atoms with van der Waals surface area (Å²) in [5.74, 6) is 0.323. The van der Waals surface area contributed by atoms with Gasteiger partial charge in [0.15, 0.2) is 0 Å². The Kier molecular flexibility index (Phi) is 8.67. The van der Waals surface area contributed by atoms with Crippen LogP contribution in [0.1, 0.15) is 25.0 Å². The first kappa shape index (κ1) is 23.8. The SMILES string of the molecule is CCOC(=O)CC(OCCOc1ccc(-c2cc(Cl)nc(N)n2)c(Cl)c1)c1ccccc1. The van der Waals surface area contributed by atoms with E-state index in [0.717, 1.165) is 5.56 Å². The van der Waals surface area contributed by atoms with E-state index >= 15 is 0 Å². The average molecular weight is 476 g/mol. The molecule has 168 valence electrons. The molecule has 2 N–H and O–H groups in total. The van der Waals surface area contributed by atoms with E-state index in [4.69, 9.17) is 43.1 Å². The van der Waals surface area contributed by atoms with Crippen LogP contribution < -0.4 is 10.5 Å². The first-order valence-corrected chi connectivity index (χ1v) is 10.8. The summed E-state index contributed by atoms with van der Waals surface area (Å²) in [6.45, 7) is 2.65. The monoisotopic (exact) mass is 475 g/mol. The summed E-state index contributed by atoms with van der Waals surface area (Å²) in [4.78, 5) is 19.9. The molecule has 0 spiro atoms. The molecule has 0 amide bonds. The molecule has 1 unspecified atom stereocenters. The number of nitrogen functional groups attached to an aromatic ring is 1. The molecule has 0 aliphatic rings. The fourth-order valence-electron chi connectivity index (χ4n) is 3.03. The molecule has 0 bridgehead atoms. The van der Waals surface area contributed by atoms with Crippen LogP contribution in [-0.4, -0.2) is 35.8 Å². The molecule has 0 fully saturated rings. The van der Waals surface area contributed by atoms with Crippen LogP contribution in [-0.2, 0) is 14.3 Å². The summed E-state index contributed by atoms with van der Waals surface area (Å²) < 4.78 is 16.7. The van der Waals surface area contributed by atoms with Gasteiger partial charge >= 0.3 is 5.97 Å². The summed E-state index contributed by atoms with van der Waals surface area (Å²) in [7, 11) is 0. The highest BCUT2D eigenvalue weighted by Gasteiger charge is 2.17. The zero-order valence-corrected chi connectivity index (χ0v) is 19.0. The summed E-state index contributed by atoms with van der Waals surface area (Å²) in [5, 5.41) is 0.666. The molecule has 3 aromatic rings. The van der Waals surface area contributed by atoms with Crippen LogP contribution in [0.15, 0.2) is 54.6 Å². The fraction of sp³-hybridized carbons (Fsp3) is 0.261. The maximum atomic E-state index is 11.9. The lowest BCUT2D eigenvalue weighted by Gasteiger charge is -2.18. The minimum Gasteiger partial charge on any atom is -0.491 e. The number of benzene rings is 2. The zero-order chi connectivity index (χ0) is 22.9. The van der Waals surface area contributed by atoms with Crippen LogP contribution in [0.25, 0.3) is 11.3 Å². The Hall–Kier alpha value is -2.87. The first-order valence-electron chi connectivity index (χ1n) is 10.0. The molecule has 1 atom stereocenters. The Balaban J connectivity index is 1.59. The third-order valence-corrected chi connectivity index (χ3v) is 4.93. The van der Waals surface area contributed by atoms with Crippen molar-refractivity contribution in [2.75, 3.05) is 25.6 Å². The van der Waals surface area contributed by atoms with E-state index in [-0.39, 0.29) is 36.7 Å². The predicted molar refractivity (Wildman–Crippen MR) is 124 cm³/mol. The number of carbonyl (C=O) groups excluding carboxylic acids is 1. The topological polar surface area (TPSA) is 96.6 Å². The van der Waals surface area contributed by atoms with Crippen LogP contribution in [0.2, 0.25) is 10.2 Å². The van der Waals surface area contributed by atoms with Gasteiger partial charge in [0.1, 0.15) is 17.5 Å². The van der Waals surface area contributed by atoms with E-state index in [0.29, 0.717) is 28.6 Å². The number of ether oxygens (including phenoxy) is 3. The lowest BCUT2D eigenvalue weighted by Crippen LogP contribution is -2.16.